The fourth-order valence-corrected chi connectivity index (χ4v) is 5.56. The van der Waals surface area contributed by atoms with Crippen LogP contribution in [0.3, 0.4) is 0 Å². The Kier molecular flexibility index (Phi) is 7.68. The summed E-state index contributed by atoms with van der Waals surface area (Å²) in [6.07, 6.45) is -0.0596. The minimum absolute atomic E-state index is 0.0207. The van der Waals surface area contributed by atoms with Gasteiger partial charge in [0.15, 0.2) is 5.65 Å². The first-order valence-corrected chi connectivity index (χ1v) is 13.5. The fourth-order valence-electron chi connectivity index (χ4n) is 5.56. The van der Waals surface area contributed by atoms with Gasteiger partial charge in [-0.25, -0.2) is 23.3 Å². The van der Waals surface area contributed by atoms with E-state index in [9.17, 15) is 31.5 Å². The predicted octanol–water partition coefficient (Wildman–Crippen LogP) is 4.79. The molecule has 0 aromatic carbocycles. The number of rotatable bonds is 9. The Balaban J connectivity index is 1.45. The van der Waals surface area contributed by atoms with Crippen LogP contribution in [0, 0.1) is 18.8 Å². The van der Waals surface area contributed by atoms with Crippen LogP contribution in [0.25, 0.3) is 5.65 Å². The molecule has 3 N–H and O–H groups in total. The zero-order valence-electron chi connectivity index (χ0n) is 22.3. The molecule has 0 spiro atoms. The van der Waals surface area contributed by atoms with Crippen LogP contribution in [-0.2, 0) is 4.79 Å². The van der Waals surface area contributed by atoms with E-state index in [-0.39, 0.29) is 43.2 Å². The first-order valence-electron chi connectivity index (χ1n) is 13.5. The van der Waals surface area contributed by atoms with Gasteiger partial charge in [0.05, 0.1) is 48.1 Å². The molecule has 3 heterocycles. The van der Waals surface area contributed by atoms with Crippen LogP contribution in [0.4, 0.5) is 22.0 Å². The molecular weight excluding hydrogens is 549 g/mol. The molecule has 9 nitrogen and oxygen atoms in total. The molecule has 2 saturated carbocycles. The quantitative estimate of drug-likeness (QED) is 0.351. The van der Waals surface area contributed by atoms with Crippen LogP contribution >= 0.6 is 0 Å². The van der Waals surface area contributed by atoms with Gasteiger partial charge in [-0.2, -0.15) is 18.3 Å². The third-order valence-corrected chi connectivity index (χ3v) is 7.83. The smallest absolute Gasteiger partial charge is 0.364 e. The molecule has 3 aromatic rings. The summed E-state index contributed by atoms with van der Waals surface area (Å²) in [5, 5.41) is 7.16. The Morgan fingerprint density at radius 2 is 1.80 bits per heavy atom. The number of amides is 2. The van der Waals surface area contributed by atoms with E-state index < -0.39 is 48.7 Å². The topological polar surface area (TPSA) is 128 Å². The number of primary amides is 1. The van der Waals surface area contributed by atoms with Crippen LogP contribution in [0.2, 0.25) is 0 Å². The average Bonchev–Trinajstić information content (AvgIpc) is 3.65. The van der Waals surface area contributed by atoms with Gasteiger partial charge in [0.2, 0.25) is 11.8 Å². The van der Waals surface area contributed by atoms with Gasteiger partial charge in [0.25, 0.3) is 5.91 Å². The van der Waals surface area contributed by atoms with Crippen molar-refractivity contribution in [2.24, 2.45) is 17.6 Å². The number of nitrogens with zero attached hydrogens (tertiary/aromatic N) is 5. The molecule has 2 atom stereocenters. The summed E-state index contributed by atoms with van der Waals surface area (Å²) in [7, 11) is 0. The molecule has 2 amide bonds. The molecule has 0 aliphatic heterocycles. The summed E-state index contributed by atoms with van der Waals surface area (Å²) in [6, 6.07) is 1.22. The molecule has 2 fully saturated rings. The van der Waals surface area contributed by atoms with Crippen molar-refractivity contribution in [1.82, 2.24) is 29.9 Å². The van der Waals surface area contributed by atoms with E-state index >= 15 is 0 Å². The Labute approximate surface area is 232 Å². The number of carbonyl (C=O) groups is 2. The lowest BCUT2D eigenvalue weighted by molar-refractivity contribution is -0.144. The maximum absolute atomic E-state index is 14.0. The molecule has 5 rings (SSSR count). The zero-order chi connectivity index (χ0) is 29.5. The number of halogens is 5. The molecule has 0 radical (unpaired) electrons. The molecule has 2 aliphatic carbocycles. The van der Waals surface area contributed by atoms with Gasteiger partial charge in [-0.3, -0.25) is 14.6 Å². The van der Waals surface area contributed by atoms with E-state index in [1.165, 1.54) is 10.7 Å². The van der Waals surface area contributed by atoms with E-state index in [0.717, 1.165) is 12.8 Å². The second-order valence-corrected chi connectivity index (χ2v) is 11.0. The van der Waals surface area contributed by atoms with Crippen molar-refractivity contribution in [3.63, 3.8) is 0 Å². The number of hydrogen-bond acceptors (Lipinski definition) is 6. The fraction of sp³-hybridized carbons (Fsp3) is 0.556. The van der Waals surface area contributed by atoms with E-state index in [2.05, 4.69) is 20.4 Å². The summed E-state index contributed by atoms with van der Waals surface area (Å²) in [6.45, 7) is 1.60. The summed E-state index contributed by atoms with van der Waals surface area (Å²) >= 11 is 0. The third kappa shape index (κ3) is 6.79. The number of aromatic nitrogens is 5. The second-order valence-electron chi connectivity index (χ2n) is 11.0. The number of nitrogens with two attached hydrogens (primary N) is 1. The van der Waals surface area contributed by atoms with E-state index in [4.69, 9.17) is 10.7 Å². The van der Waals surface area contributed by atoms with Crippen molar-refractivity contribution in [3.8, 4) is 0 Å². The minimum atomic E-state index is -4.42. The lowest BCUT2D eigenvalue weighted by atomic mass is 9.76. The summed E-state index contributed by atoms with van der Waals surface area (Å²) in [5.74, 6) is -4.80. The van der Waals surface area contributed by atoms with Crippen molar-refractivity contribution < 1.29 is 31.5 Å². The Morgan fingerprint density at radius 1 is 1.10 bits per heavy atom. The van der Waals surface area contributed by atoms with E-state index in [1.54, 1.807) is 25.4 Å². The predicted molar refractivity (Wildman–Crippen MR) is 136 cm³/mol. The molecule has 14 heteroatoms. The van der Waals surface area contributed by atoms with Crippen LogP contribution in [0.1, 0.15) is 96.5 Å². The highest BCUT2D eigenvalue weighted by atomic mass is 19.4. The number of nitrogens with one attached hydrogen (secondary N) is 1. The normalized spacial score (nSPS) is 19.2. The molecule has 41 heavy (non-hydrogen) atoms. The molecule has 3 aromatic heterocycles. The van der Waals surface area contributed by atoms with Crippen molar-refractivity contribution in [1.29, 1.82) is 0 Å². The highest BCUT2D eigenvalue weighted by Gasteiger charge is 2.40. The van der Waals surface area contributed by atoms with Crippen molar-refractivity contribution in [3.05, 3.63) is 53.0 Å². The number of alkyl halides is 5. The Hall–Kier alpha value is -3.71. The van der Waals surface area contributed by atoms with Gasteiger partial charge < -0.3 is 11.1 Å². The van der Waals surface area contributed by atoms with Crippen molar-refractivity contribution in [2.75, 3.05) is 0 Å². The number of imidazole rings is 1. The summed E-state index contributed by atoms with van der Waals surface area (Å²) < 4.78 is 67.3. The number of aryl methyl sites for hydroxylation is 1. The van der Waals surface area contributed by atoms with Gasteiger partial charge in [0.1, 0.15) is 5.69 Å². The molecule has 0 saturated heterocycles. The molecule has 0 unspecified atom stereocenters. The van der Waals surface area contributed by atoms with E-state index in [1.807, 2.05) is 0 Å². The van der Waals surface area contributed by atoms with Crippen LogP contribution in [0.15, 0.2) is 24.7 Å². The highest BCUT2D eigenvalue weighted by Crippen LogP contribution is 2.45. The van der Waals surface area contributed by atoms with Crippen LogP contribution in [-0.4, -0.2) is 48.5 Å². The van der Waals surface area contributed by atoms with Crippen LogP contribution < -0.4 is 11.1 Å². The third-order valence-electron chi connectivity index (χ3n) is 7.83. The van der Waals surface area contributed by atoms with Gasteiger partial charge in [-0.05, 0) is 56.1 Å². The lowest BCUT2D eigenvalue weighted by Gasteiger charge is -2.32. The number of hydrogen-bond donors (Lipinski definition) is 2. The molecule has 2 aliphatic rings. The lowest BCUT2D eigenvalue weighted by Crippen LogP contribution is -2.30. The monoisotopic (exact) mass is 579 g/mol. The van der Waals surface area contributed by atoms with Gasteiger partial charge >= 0.3 is 6.18 Å². The van der Waals surface area contributed by atoms with Gasteiger partial charge in [-0.15, -0.1) is 0 Å². The SMILES string of the molecule is Cc1nc([C@@H](c2cn3ncc([C@H](NC(=O)CCC(F)(F)F)C4CC4)cc3n2)C2CCC(F)(F)CC2)cnc1C(N)=O. The number of fused-ring (bicyclic) bond motifs is 1. The van der Waals surface area contributed by atoms with E-state index in [0.29, 0.717) is 28.3 Å². The van der Waals surface area contributed by atoms with Crippen LogP contribution in [0.5, 0.6) is 0 Å². The minimum Gasteiger partial charge on any atom is -0.364 e. The number of carbonyl (C=O) groups excluding carboxylic acids is 2. The maximum Gasteiger partial charge on any atom is 0.389 e. The highest BCUT2D eigenvalue weighted by molar-refractivity contribution is 5.91. The summed E-state index contributed by atoms with van der Waals surface area (Å²) in [4.78, 5) is 37.4. The largest absolute Gasteiger partial charge is 0.389 e. The Bertz CT molecular complexity index is 1440. The van der Waals surface area contributed by atoms with Crippen molar-refractivity contribution in [2.45, 2.75) is 82.3 Å². The molecular formula is C27H30F5N7O2. The first-order chi connectivity index (χ1) is 19.3. The maximum atomic E-state index is 14.0. The van der Waals surface area contributed by atoms with Gasteiger partial charge in [0, 0.05) is 25.2 Å². The zero-order valence-corrected chi connectivity index (χ0v) is 22.3. The van der Waals surface area contributed by atoms with Gasteiger partial charge in [-0.1, -0.05) is 0 Å². The second kappa shape index (κ2) is 10.9. The molecule has 220 valence electrons. The van der Waals surface area contributed by atoms with Crippen molar-refractivity contribution >= 4 is 17.5 Å². The molecule has 0 bridgehead atoms. The Morgan fingerprint density at radius 3 is 2.41 bits per heavy atom. The summed E-state index contributed by atoms with van der Waals surface area (Å²) in [5.41, 5.74) is 7.77. The average molecular weight is 580 g/mol. The standard InChI is InChI=1S/C27H30F5N7O2/c1-14-23(25(33)41)34-12-18(36-14)22(15-4-7-26(28,29)8-5-15)19-13-39-20(37-19)10-17(11-35-39)24(16-2-3-16)38-21(40)6-9-27(30,31)32/h10-13,15-16,22,24H,2-9H2,1H3,(H2,33,41)(H,38,40)/t22-,24+/m0/s1. The first kappa shape index (κ1) is 28.8.